The fourth-order valence-corrected chi connectivity index (χ4v) is 1.46. The number of anilines is 1. The minimum atomic E-state index is -0.506. The molecule has 0 bridgehead atoms. The molecule has 0 aliphatic rings. The first-order valence-corrected chi connectivity index (χ1v) is 5.01. The number of rotatable bonds is 3. The summed E-state index contributed by atoms with van der Waals surface area (Å²) in [6.45, 7) is -0.0461. The molecule has 8 nitrogen and oxygen atoms in total. The average Bonchev–Trinajstić information content (AvgIpc) is 2.26. The van der Waals surface area contributed by atoms with E-state index in [9.17, 15) is 9.59 Å². The molecule has 0 fully saturated rings. The Morgan fingerprint density at radius 1 is 1.18 bits per heavy atom. The maximum absolute atomic E-state index is 11.6. The lowest BCUT2D eigenvalue weighted by molar-refractivity contribution is 0.288. The van der Waals surface area contributed by atoms with Crippen LogP contribution in [-0.2, 0) is 6.42 Å². The highest BCUT2D eigenvalue weighted by Gasteiger charge is 2.09. The number of aliphatic hydroxyl groups is 1. The van der Waals surface area contributed by atoms with E-state index in [1.165, 1.54) is 0 Å². The van der Waals surface area contributed by atoms with Crippen LogP contribution in [0.4, 0.5) is 5.95 Å². The molecule has 5 N–H and O–H groups in total. The maximum Gasteiger partial charge on any atom is 0.280 e. The van der Waals surface area contributed by atoms with Gasteiger partial charge in [0.2, 0.25) is 5.95 Å². The standard InChI is InChI=1S/C9H11N5O3/c10-9-13-6-5(8(17)14-9)11-4(2-1-3-15)7(16)12-6/h15H,1-3H2,(H4,10,12,13,14,16,17). The Morgan fingerprint density at radius 3 is 2.65 bits per heavy atom. The summed E-state index contributed by atoms with van der Waals surface area (Å²) in [7, 11) is 0. The van der Waals surface area contributed by atoms with E-state index in [1.807, 2.05) is 0 Å². The van der Waals surface area contributed by atoms with Gasteiger partial charge in [-0.15, -0.1) is 0 Å². The Labute approximate surface area is 94.5 Å². The van der Waals surface area contributed by atoms with Crippen molar-refractivity contribution in [3.05, 3.63) is 26.4 Å². The summed E-state index contributed by atoms with van der Waals surface area (Å²) < 4.78 is 0. The number of aromatic nitrogens is 4. The number of hydrogen-bond donors (Lipinski definition) is 4. The Bertz CT molecular complexity index is 660. The highest BCUT2D eigenvalue weighted by atomic mass is 16.3. The van der Waals surface area contributed by atoms with E-state index in [-0.39, 0.29) is 29.4 Å². The molecule has 0 saturated heterocycles. The smallest absolute Gasteiger partial charge is 0.280 e. The van der Waals surface area contributed by atoms with Gasteiger partial charge in [0, 0.05) is 6.61 Å². The van der Waals surface area contributed by atoms with Gasteiger partial charge in [-0.2, -0.15) is 4.98 Å². The van der Waals surface area contributed by atoms with E-state index < -0.39 is 11.1 Å². The molecule has 0 atom stereocenters. The molecule has 0 unspecified atom stereocenters. The van der Waals surface area contributed by atoms with E-state index in [0.29, 0.717) is 12.8 Å². The average molecular weight is 237 g/mol. The van der Waals surface area contributed by atoms with Gasteiger partial charge >= 0.3 is 0 Å². The van der Waals surface area contributed by atoms with Crippen molar-refractivity contribution in [2.75, 3.05) is 12.3 Å². The van der Waals surface area contributed by atoms with Crippen LogP contribution in [0.3, 0.4) is 0 Å². The van der Waals surface area contributed by atoms with Gasteiger partial charge < -0.3 is 15.8 Å². The minimum Gasteiger partial charge on any atom is -0.396 e. The van der Waals surface area contributed by atoms with E-state index >= 15 is 0 Å². The molecule has 2 aromatic heterocycles. The first-order chi connectivity index (χ1) is 8.11. The highest BCUT2D eigenvalue weighted by molar-refractivity contribution is 5.69. The number of aliphatic hydroxyl groups excluding tert-OH is 1. The molecule has 0 spiro atoms. The lowest BCUT2D eigenvalue weighted by atomic mass is 10.2. The largest absolute Gasteiger partial charge is 0.396 e. The van der Waals surface area contributed by atoms with Crippen molar-refractivity contribution in [1.82, 2.24) is 19.9 Å². The monoisotopic (exact) mass is 237 g/mol. The Balaban J connectivity index is 2.64. The first-order valence-electron chi connectivity index (χ1n) is 5.01. The fraction of sp³-hybridized carbons (Fsp3) is 0.333. The lowest BCUT2D eigenvalue weighted by Gasteiger charge is -2.01. The number of H-pyrrole nitrogens is 2. The van der Waals surface area contributed by atoms with Crippen molar-refractivity contribution in [3.8, 4) is 0 Å². The third kappa shape index (κ3) is 2.16. The van der Waals surface area contributed by atoms with Crippen LogP contribution in [-0.4, -0.2) is 31.6 Å². The van der Waals surface area contributed by atoms with Gasteiger partial charge in [-0.1, -0.05) is 0 Å². The number of nitrogens with one attached hydrogen (secondary N) is 2. The van der Waals surface area contributed by atoms with Crippen LogP contribution in [0.2, 0.25) is 0 Å². The second-order valence-corrected chi connectivity index (χ2v) is 3.49. The van der Waals surface area contributed by atoms with Crippen molar-refractivity contribution in [1.29, 1.82) is 0 Å². The SMILES string of the molecule is Nc1nc2[nH]c(=O)c(CCCO)nc2c(=O)[nH]1. The molecular weight excluding hydrogens is 226 g/mol. The van der Waals surface area contributed by atoms with Crippen molar-refractivity contribution in [2.45, 2.75) is 12.8 Å². The summed E-state index contributed by atoms with van der Waals surface area (Å²) in [6.07, 6.45) is 0.702. The van der Waals surface area contributed by atoms with Crippen LogP contribution in [0.15, 0.2) is 9.59 Å². The van der Waals surface area contributed by atoms with E-state index in [4.69, 9.17) is 10.8 Å². The normalized spacial score (nSPS) is 10.9. The second kappa shape index (κ2) is 4.34. The van der Waals surface area contributed by atoms with Crippen LogP contribution in [0.5, 0.6) is 0 Å². The van der Waals surface area contributed by atoms with Gasteiger partial charge in [0.05, 0.1) is 0 Å². The van der Waals surface area contributed by atoms with Crippen LogP contribution >= 0.6 is 0 Å². The summed E-state index contributed by atoms with van der Waals surface area (Å²) in [5.74, 6) is -0.0805. The summed E-state index contributed by atoms with van der Waals surface area (Å²) in [5.41, 5.74) is 4.70. The molecule has 0 radical (unpaired) electrons. The van der Waals surface area contributed by atoms with E-state index in [2.05, 4.69) is 19.9 Å². The van der Waals surface area contributed by atoms with Crippen molar-refractivity contribution in [3.63, 3.8) is 0 Å². The molecule has 17 heavy (non-hydrogen) atoms. The lowest BCUT2D eigenvalue weighted by Crippen LogP contribution is -2.21. The summed E-state index contributed by atoms with van der Waals surface area (Å²) >= 11 is 0. The first kappa shape index (κ1) is 11.3. The van der Waals surface area contributed by atoms with E-state index in [1.54, 1.807) is 0 Å². The molecule has 8 heteroatoms. The quantitative estimate of drug-likeness (QED) is 0.513. The maximum atomic E-state index is 11.6. The number of aryl methyl sites for hydroxylation is 1. The topological polar surface area (TPSA) is 138 Å². The van der Waals surface area contributed by atoms with Crippen LogP contribution < -0.4 is 16.9 Å². The van der Waals surface area contributed by atoms with Gasteiger partial charge in [0.25, 0.3) is 11.1 Å². The zero-order valence-electron chi connectivity index (χ0n) is 8.86. The van der Waals surface area contributed by atoms with Gasteiger partial charge in [0.15, 0.2) is 11.2 Å². The third-order valence-corrected chi connectivity index (χ3v) is 2.23. The zero-order valence-corrected chi connectivity index (χ0v) is 8.86. The molecular formula is C9H11N5O3. The van der Waals surface area contributed by atoms with Crippen LogP contribution in [0.1, 0.15) is 12.1 Å². The van der Waals surface area contributed by atoms with Crippen molar-refractivity contribution in [2.24, 2.45) is 0 Å². The number of fused-ring (bicyclic) bond motifs is 1. The van der Waals surface area contributed by atoms with Gasteiger partial charge in [0.1, 0.15) is 5.69 Å². The number of nitrogens with zero attached hydrogens (tertiary/aromatic N) is 2. The van der Waals surface area contributed by atoms with Gasteiger partial charge in [-0.3, -0.25) is 14.6 Å². The third-order valence-electron chi connectivity index (χ3n) is 2.23. The summed E-state index contributed by atoms with van der Waals surface area (Å²) in [5, 5.41) is 8.69. The van der Waals surface area contributed by atoms with Gasteiger partial charge in [-0.05, 0) is 12.8 Å². The molecule has 0 aliphatic heterocycles. The van der Waals surface area contributed by atoms with Crippen LogP contribution in [0.25, 0.3) is 11.2 Å². The predicted molar refractivity (Wildman–Crippen MR) is 60.6 cm³/mol. The molecule has 2 heterocycles. The molecule has 0 amide bonds. The molecule has 90 valence electrons. The Morgan fingerprint density at radius 2 is 1.94 bits per heavy atom. The number of nitrogens with two attached hydrogens (primary N) is 1. The summed E-state index contributed by atoms with van der Waals surface area (Å²) in [6, 6.07) is 0. The molecule has 0 aliphatic carbocycles. The molecule has 0 aromatic carbocycles. The second-order valence-electron chi connectivity index (χ2n) is 3.49. The van der Waals surface area contributed by atoms with Crippen molar-refractivity contribution < 1.29 is 5.11 Å². The summed E-state index contributed by atoms with van der Waals surface area (Å²) in [4.78, 5) is 35.5. The molecule has 2 aromatic rings. The van der Waals surface area contributed by atoms with Gasteiger partial charge in [-0.25, -0.2) is 4.98 Å². The number of hydrogen-bond acceptors (Lipinski definition) is 6. The number of aromatic amines is 2. The van der Waals surface area contributed by atoms with Crippen LogP contribution in [0, 0.1) is 0 Å². The fourth-order valence-electron chi connectivity index (χ4n) is 1.46. The molecule has 0 saturated carbocycles. The Hall–Kier alpha value is -2.22. The Kier molecular flexibility index (Phi) is 2.88. The predicted octanol–water partition coefficient (Wildman–Crippen LogP) is -1.49. The highest BCUT2D eigenvalue weighted by Crippen LogP contribution is 2.01. The molecule has 2 rings (SSSR count). The minimum absolute atomic E-state index is 0.0340. The van der Waals surface area contributed by atoms with Crippen molar-refractivity contribution >= 4 is 17.1 Å². The number of nitrogen functional groups attached to an aromatic ring is 1. The zero-order chi connectivity index (χ0) is 12.4. The van der Waals surface area contributed by atoms with E-state index in [0.717, 1.165) is 0 Å².